The van der Waals surface area contributed by atoms with Crippen molar-refractivity contribution in [2.75, 3.05) is 32.7 Å². The number of hydrazone groups is 1. The van der Waals surface area contributed by atoms with Gasteiger partial charge in [0.25, 0.3) is 5.91 Å². The van der Waals surface area contributed by atoms with E-state index in [-0.39, 0.29) is 12.5 Å². The molecule has 0 fully saturated rings. The van der Waals surface area contributed by atoms with Gasteiger partial charge in [0, 0.05) is 5.69 Å². The Morgan fingerprint density at radius 3 is 2.56 bits per heavy atom. The topological polar surface area (TPSA) is 81.2 Å². The normalized spacial score (nSPS) is 10.5. The van der Waals surface area contributed by atoms with Gasteiger partial charge in [-0.3, -0.25) is 4.79 Å². The Morgan fingerprint density at radius 1 is 1.19 bits per heavy atom. The molecule has 0 unspecified atom stereocenters. The smallest absolute Gasteiger partial charge is 0.259 e. The number of benzene rings is 2. The number of hydrogen-bond acceptors (Lipinski definition) is 6. The van der Waals surface area contributed by atoms with Crippen LogP contribution in [0.5, 0.6) is 17.2 Å². The zero-order valence-electron chi connectivity index (χ0n) is 15.4. The van der Waals surface area contributed by atoms with Crippen molar-refractivity contribution in [3.63, 3.8) is 0 Å². The molecule has 8 heteroatoms. The monoisotopic (exact) mass is 391 g/mol. The summed E-state index contributed by atoms with van der Waals surface area (Å²) in [6.07, 6.45) is 1.49. The summed E-state index contributed by atoms with van der Waals surface area (Å²) in [5, 5.41) is 7.34. The molecule has 0 radical (unpaired) electrons. The molecule has 144 valence electrons. The van der Waals surface area contributed by atoms with Gasteiger partial charge >= 0.3 is 0 Å². The molecule has 0 spiro atoms. The quantitative estimate of drug-likeness (QED) is 0.506. The summed E-state index contributed by atoms with van der Waals surface area (Å²) < 4.78 is 15.8. The number of carbonyl (C=O) groups is 1. The summed E-state index contributed by atoms with van der Waals surface area (Å²) in [5.74, 6) is 1.44. The molecule has 2 rings (SSSR count). The number of methoxy groups -OCH3 is 2. The molecule has 1 amide bonds. The van der Waals surface area contributed by atoms with Crippen LogP contribution >= 0.6 is 11.6 Å². The number of amides is 1. The second-order valence-electron chi connectivity index (χ2n) is 5.34. The number of nitrogens with zero attached hydrogens (tertiary/aromatic N) is 1. The lowest BCUT2D eigenvalue weighted by Gasteiger charge is -2.11. The van der Waals surface area contributed by atoms with Crippen LogP contribution in [0.25, 0.3) is 0 Å². The molecule has 2 aromatic rings. The molecule has 0 aliphatic carbocycles. The Hall–Kier alpha value is -2.93. The molecule has 0 atom stereocenters. The maximum Gasteiger partial charge on any atom is 0.259 e. The Kier molecular flexibility index (Phi) is 7.76. The van der Waals surface area contributed by atoms with Crippen LogP contribution in [-0.2, 0) is 4.79 Å². The maximum absolute atomic E-state index is 11.9. The van der Waals surface area contributed by atoms with Crippen molar-refractivity contribution in [1.82, 2.24) is 5.43 Å². The lowest BCUT2D eigenvalue weighted by Crippen LogP contribution is -2.25. The van der Waals surface area contributed by atoms with Crippen molar-refractivity contribution in [3.05, 3.63) is 47.0 Å². The lowest BCUT2D eigenvalue weighted by atomic mass is 10.2. The van der Waals surface area contributed by atoms with Crippen molar-refractivity contribution in [2.24, 2.45) is 5.10 Å². The number of ether oxygens (including phenoxy) is 3. The van der Waals surface area contributed by atoms with Crippen molar-refractivity contribution < 1.29 is 19.0 Å². The van der Waals surface area contributed by atoms with Crippen LogP contribution in [0.4, 0.5) is 5.69 Å². The summed E-state index contributed by atoms with van der Waals surface area (Å²) in [4.78, 5) is 11.9. The Balaban J connectivity index is 1.91. The van der Waals surface area contributed by atoms with Gasteiger partial charge in [0.2, 0.25) is 0 Å². The minimum atomic E-state index is -0.285. The first-order chi connectivity index (χ1) is 13.1. The molecule has 27 heavy (non-hydrogen) atoms. The van der Waals surface area contributed by atoms with E-state index in [0.29, 0.717) is 28.7 Å². The summed E-state index contributed by atoms with van der Waals surface area (Å²) >= 11 is 6.18. The summed E-state index contributed by atoms with van der Waals surface area (Å²) in [5.41, 5.74) is 3.93. The van der Waals surface area contributed by atoms with Gasteiger partial charge in [-0.1, -0.05) is 11.6 Å². The maximum atomic E-state index is 11.9. The summed E-state index contributed by atoms with van der Waals surface area (Å²) in [6.45, 7) is 2.42. The fraction of sp³-hybridized carbons (Fsp3) is 0.263. The Bertz CT molecular complexity index is 794. The van der Waals surface area contributed by atoms with Crippen molar-refractivity contribution in [2.45, 2.75) is 6.92 Å². The van der Waals surface area contributed by atoms with Crippen molar-refractivity contribution >= 4 is 29.4 Å². The number of rotatable bonds is 9. The highest BCUT2D eigenvalue weighted by atomic mass is 35.5. The first-order valence-electron chi connectivity index (χ1n) is 8.27. The molecule has 7 nitrogen and oxygen atoms in total. The van der Waals surface area contributed by atoms with Crippen LogP contribution in [0.2, 0.25) is 5.02 Å². The molecule has 0 heterocycles. The van der Waals surface area contributed by atoms with Gasteiger partial charge in [-0.25, -0.2) is 5.43 Å². The largest absolute Gasteiger partial charge is 0.497 e. The SMILES string of the molecule is CCOc1cc(/C=N\NC(=O)CNc2ccc(OC)cc2)cc(Cl)c1OC. The highest BCUT2D eigenvalue weighted by Crippen LogP contribution is 2.35. The molecular formula is C19H22ClN3O4. The van der Waals surface area contributed by atoms with E-state index in [1.807, 2.05) is 31.2 Å². The predicted octanol–water partition coefficient (Wildman–Crippen LogP) is 3.32. The molecular weight excluding hydrogens is 370 g/mol. The average Bonchev–Trinajstić information content (AvgIpc) is 2.67. The van der Waals surface area contributed by atoms with Crippen molar-refractivity contribution in [3.8, 4) is 17.2 Å². The van der Waals surface area contributed by atoms with Gasteiger partial charge in [0.15, 0.2) is 11.5 Å². The van der Waals surface area contributed by atoms with E-state index in [2.05, 4.69) is 15.8 Å². The fourth-order valence-electron chi connectivity index (χ4n) is 2.23. The minimum Gasteiger partial charge on any atom is -0.497 e. The van der Waals surface area contributed by atoms with Crippen LogP contribution in [-0.4, -0.2) is 39.5 Å². The molecule has 0 aromatic heterocycles. The molecule has 0 saturated heterocycles. The van der Waals surface area contributed by atoms with Gasteiger partial charge < -0.3 is 19.5 Å². The lowest BCUT2D eigenvalue weighted by molar-refractivity contribution is -0.119. The number of nitrogens with one attached hydrogen (secondary N) is 2. The van der Waals surface area contributed by atoms with E-state index >= 15 is 0 Å². The minimum absolute atomic E-state index is 0.0806. The second-order valence-corrected chi connectivity index (χ2v) is 5.75. The standard InChI is InChI=1S/C19H22ClN3O4/c1-4-27-17-10-13(9-16(20)19(17)26-3)11-22-23-18(24)12-21-14-5-7-15(25-2)8-6-14/h5-11,21H,4,12H2,1-3H3,(H,23,24)/b22-11-. The molecule has 0 aliphatic rings. The zero-order valence-corrected chi connectivity index (χ0v) is 16.2. The van der Waals surface area contributed by atoms with Crippen molar-refractivity contribution in [1.29, 1.82) is 0 Å². The first-order valence-corrected chi connectivity index (χ1v) is 8.65. The number of hydrogen-bond donors (Lipinski definition) is 2. The highest BCUT2D eigenvalue weighted by molar-refractivity contribution is 6.32. The van der Waals surface area contributed by atoms with Crippen LogP contribution in [0.1, 0.15) is 12.5 Å². The van der Waals surface area contributed by atoms with Gasteiger partial charge in [0.05, 0.1) is 38.6 Å². The molecule has 2 aromatic carbocycles. The van der Waals surface area contributed by atoms with E-state index in [1.165, 1.54) is 13.3 Å². The van der Waals surface area contributed by atoms with E-state index in [4.69, 9.17) is 25.8 Å². The van der Waals surface area contributed by atoms with Crippen LogP contribution < -0.4 is 25.0 Å². The predicted molar refractivity (Wildman–Crippen MR) is 106 cm³/mol. The van der Waals surface area contributed by atoms with E-state index in [9.17, 15) is 4.79 Å². The second kappa shape index (κ2) is 10.3. The molecule has 0 saturated carbocycles. The van der Waals surface area contributed by atoms with E-state index in [1.54, 1.807) is 19.2 Å². The molecule has 2 N–H and O–H groups in total. The third-order valence-electron chi connectivity index (χ3n) is 3.48. The van der Waals surface area contributed by atoms with Gasteiger partial charge in [0.1, 0.15) is 5.75 Å². The van der Waals surface area contributed by atoms with Gasteiger partial charge in [-0.15, -0.1) is 0 Å². The fourth-order valence-corrected chi connectivity index (χ4v) is 2.53. The number of carbonyl (C=O) groups excluding carboxylic acids is 1. The van der Waals surface area contributed by atoms with Crippen LogP contribution in [0.15, 0.2) is 41.5 Å². The van der Waals surface area contributed by atoms with Crippen LogP contribution in [0.3, 0.4) is 0 Å². The van der Waals surface area contributed by atoms with Crippen LogP contribution in [0, 0.1) is 0 Å². The first kappa shape index (κ1) is 20.4. The number of halogens is 1. The summed E-state index contributed by atoms with van der Waals surface area (Å²) in [7, 11) is 3.12. The molecule has 0 bridgehead atoms. The third-order valence-corrected chi connectivity index (χ3v) is 3.76. The Morgan fingerprint density at radius 2 is 1.93 bits per heavy atom. The number of anilines is 1. The average molecular weight is 392 g/mol. The van der Waals surface area contributed by atoms with E-state index < -0.39 is 0 Å². The third kappa shape index (κ3) is 6.07. The highest BCUT2D eigenvalue weighted by Gasteiger charge is 2.10. The Labute approximate surface area is 163 Å². The molecule has 0 aliphatic heterocycles. The van der Waals surface area contributed by atoms with Gasteiger partial charge in [-0.2, -0.15) is 5.10 Å². The van der Waals surface area contributed by atoms with Gasteiger partial charge in [-0.05, 0) is 48.9 Å². The zero-order chi connectivity index (χ0) is 19.6. The van der Waals surface area contributed by atoms with E-state index in [0.717, 1.165) is 11.4 Å². The summed E-state index contributed by atoms with van der Waals surface area (Å²) in [6, 6.07) is 10.7.